The van der Waals surface area contributed by atoms with Crippen molar-refractivity contribution in [2.45, 2.75) is 26.9 Å². The van der Waals surface area contributed by atoms with Gasteiger partial charge in [0.25, 0.3) is 0 Å². The van der Waals surface area contributed by atoms with Crippen LogP contribution in [0.4, 0.5) is 0 Å². The summed E-state index contributed by atoms with van der Waals surface area (Å²) < 4.78 is 15.1. The Morgan fingerprint density at radius 2 is 1.76 bits per heavy atom. The van der Waals surface area contributed by atoms with E-state index in [9.17, 15) is 9.59 Å². The molecule has 3 atom stereocenters. The molecular formula is C12H18O5. The zero-order chi connectivity index (χ0) is 12.8. The van der Waals surface area contributed by atoms with Gasteiger partial charge in [0.15, 0.2) is 0 Å². The van der Waals surface area contributed by atoms with Gasteiger partial charge in [0.1, 0.15) is 12.0 Å². The second kappa shape index (κ2) is 6.27. The number of ether oxygens (including phenoxy) is 3. The fourth-order valence-corrected chi connectivity index (χ4v) is 1.79. The quantitative estimate of drug-likeness (QED) is 0.695. The Labute approximate surface area is 101 Å². The van der Waals surface area contributed by atoms with Gasteiger partial charge in [-0.1, -0.05) is 0 Å². The number of hydrogen-bond donors (Lipinski definition) is 0. The zero-order valence-corrected chi connectivity index (χ0v) is 10.3. The summed E-state index contributed by atoms with van der Waals surface area (Å²) in [6.07, 6.45) is 2.58. The first kappa shape index (κ1) is 13.5. The number of esters is 2. The molecule has 5 nitrogen and oxygen atoms in total. The van der Waals surface area contributed by atoms with Crippen molar-refractivity contribution in [2.75, 3.05) is 13.2 Å². The first-order valence-corrected chi connectivity index (χ1v) is 5.77. The van der Waals surface area contributed by atoms with Gasteiger partial charge in [-0.3, -0.25) is 9.59 Å². The van der Waals surface area contributed by atoms with E-state index in [1.165, 1.54) is 6.26 Å². The molecule has 1 aliphatic heterocycles. The standard InChI is InChI=1S/C12H18O5/c1-4-15-11(13)9-6-7-17-8(3)10(9)12(14)16-5-2/h6-10H,4-5H2,1-3H3/t8-,9-,10+/m0/s1. The van der Waals surface area contributed by atoms with E-state index >= 15 is 0 Å². The van der Waals surface area contributed by atoms with Crippen LogP contribution in [0.1, 0.15) is 20.8 Å². The highest BCUT2D eigenvalue weighted by Crippen LogP contribution is 2.27. The lowest BCUT2D eigenvalue weighted by molar-refractivity contribution is -0.164. The van der Waals surface area contributed by atoms with E-state index in [1.54, 1.807) is 26.8 Å². The van der Waals surface area contributed by atoms with Gasteiger partial charge >= 0.3 is 11.9 Å². The summed E-state index contributed by atoms with van der Waals surface area (Å²) in [5.41, 5.74) is 0. The van der Waals surface area contributed by atoms with E-state index in [0.29, 0.717) is 0 Å². The molecule has 0 saturated heterocycles. The highest BCUT2D eigenvalue weighted by molar-refractivity contribution is 5.84. The van der Waals surface area contributed by atoms with Crippen LogP contribution >= 0.6 is 0 Å². The molecule has 0 saturated carbocycles. The summed E-state index contributed by atoms with van der Waals surface area (Å²) in [6.45, 7) is 5.75. The lowest BCUT2D eigenvalue weighted by atomic mass is 9.86. The molecule has 1 heterocycles. The molecule has 1 aliphatic rings. The second-order valence-electron chi connectivity index (χ2n) is 3.73. The van der Waals surface area contributed by atoms with Crippen LogP contribution in [0.25, 0.3) is 0 Å². The molecule has 0 aliphatic carbocycles. The Morgan fingerprint density at radius 1 is 1.18 bits per heavy atom. The summed E-state index contributed by atoms with van der Waals surface area (Å²) in [6, 6.07) is 0. The van der Waals surface area contributed by atoms with Crippen molar-refractivity contribution in [3.8, 4) is 0 Å². The average Bonchev–Trinajstić information content (AvgIpc) is 2.29. The molecule has 1 rings (SSSR count). The molecule has 0 aromatic carbocycles. The number of carbonyl (C=O) groups is 2. The summed E-state index contributed by atoms with van der Waals surface area (Å²) in [5.74, 6) is -2.11. The van der Waals surface area contributed by atoms with Crippen molar-refractivity contribution < 1.29 is 23.8 Å². The van der Waals surface area contributed by atoms with Crippen molar-refractivity contribution in [2.24, 2.45) is 11.8 Å². The minimum atomic E-state index is -0.640. The Balaban J connectivity index is 2.83. The van der Waals surface area contributed by atoms with Gasteiger partial charge in [0, 0.05) is 0 Å². The minimum Gasteiger partial charge on any atom is -0.498 e. The first-order chi connectivity index (χ1) is 8.11. The highest BCUT2D eigenvalue weighted by Gasteiger charge is 2.41. The lowest BCUT2D eigenvalue weighted by Crippen LogP contribution is -2.41. The molecule has 0 amide bonds. The SMILES string of the molecule is CCOC(=O)[C@@H]1[C@H](C)OC=C[C@@H]1C(=O)OCC. The predicted octanol–water partition coefficient (Wildman–Crippen LogP) is 1.28. The van der Waals surface area contributed by atoms with Gasteiger partial charge < -0.3 is 14.2 Å². The molecule has 0 spiro atoms. The highest BCUT2D eigenvalue weighted by atomic mass is 16.5. The van der Waals surface area contributed by atoms with Crippen molar-refractivity contribution in [1.29, 1.82) is 0 Å². The molecule has 0 bridgehead atoms. The van der Waals surface area contributed by atoms with Gasteiger partial charge in [-0.15, -0.1) is 0 Å². The Kier molecular flexibility index (Phi) is 5.00. The molecule has 0 N–H and O–H groups in total. The van der Waals surface area contributed by atoms with Crippen LogP contribution in [0.3, 0.4) is 0 Å². The largest absolute Gasteiger partial charge is 0.498 e. The molecule has 0 unspecified atom stereocenters. The average molecular weight is 242 g/mol. The fraction of sp³-hybridized carbons (Fsp3) is 0.667. The third-order valence-electron chi connectivity index (χ3n) is 2.59. The van der Waals surface area contributed by atoms with Crippen LogP contribution in [-0.4, -0.2) is 31.3 Å². The maximum atomic E-state index is 11.8. The molecule has 17 heavy (non-hydrogen) atoms. The Morgan fingerprint density at radius 3 is 2.35 bits per heavy atom. The lowest BCUT2D eigenvalue weighted by Gasteiger charge is -2.29. The predicted molar refractivity (Wildman–Crippen MR) is 59.9 cm³/mol. The van der Waals surface area contributed by atoms with Crippen LogP contribution < -0.4 is 0 Å². The maximum absolute atomic E-state index is 11.8. The van der Waals surface area contributed by atoms with E-state index in [-0.39, 0.29) is 13.2 Å². The number of rotatable bonds is 4. The van der Waals surface area contributed by atoms with Gasteiger partial charge in [0.2, 0.25) is 0 Å². The van der Waals surface area contributed by atoms with Gasteiger partial charge in [0.05, 0.1) is 25.4 Å². The summed E-state index contributed by atoms with van der Waals surface area (Å²) >= 11 is 0. The molecular weight excluding hydrogens is 224 g/mol. The zero-order valence-electron chi connectivity index (χ0n) is 10.3. The fourth-order valence-electron chi connectivity index (χ4n) is 1.79. The molecule has 5 heteroatoms. The second-order valence-corrected chi connectivity index (χ2v) is 3.73. The van der Waals surface area contributed by atoms with Crippen molar-refractivity contribution in [1.82, 2.24) is 0 Å². The monoisotopic (exact) mass is 242 g/mol. The van der Waals surface area contributed by atoms with E-state index in [0.717, 1.165) is 0 Å². The normalized spacial score (nSPS) is 27.1. The van der Waals surface area contributed by atoms with E-state index in [1.807, 2.05) is 0 Å². The van der Waals surface area contributed by atoms with Crippen molar-refractivity contribution in [3.63, 3.8) is 0 Å². The van der Waals surface area contributed by atoms with Gasteiger partial charge in [-0.2, -0.15) is 0 Å². The van der Waals surface area contributed by atoms with E-state index in [2.05, 4.69) is 0 Å². The Bertz CT molecular complexity index is 310. The van der Waals surface area contributed by atoms with Crippen LogP contribution in [0.15, 0.2) is 12.3 Å². The molecule has 0 fully saturated rings. The maximum Gasteiger partial charge on any atom is 0.313 e. The van der Waals surface area contributed by atoms with Gasteiger partial charge in [-0.05, 0) is 26.8 Å². The summed E-state index contributed by atoms with van der Waals surface area (Å²) in [4.78, 5) is 23.5. The third-order valence-corrected chi connectivity index (χ3v) is 2.59. The molecule has 0 radical (unpaired) electrons. The molecule has 0 aromatic rings. The Hall–Kier alpha value is -1.52. The van der Waals surface area contributed by atoms with Crippen LogP contribution in [0.5, 0.6) is 0 Å². The minimum absolute atomic E-state index is 0.279. The van der Waals surface area contributed by atoms with E-state index < -0.39 is 29.9 Å². The van der Waals surface area contributed by atoms with Crippen molar-refractivity contribution in [3.05, 3.63) is 12.3 Å². The number of hydrogen-bond acceptors (Lipinski definition) is 5. The van der Waals surface area contributed by atoms with Crippen LogP contribution in [0.2, 0.25) is 0 Å². The van der Waals surface area contributed by atoms with E-state index in [4.69, 9.17) is 14.2 Å². The summed E-state index contributed by atoms with van der Waals surface area (Å²) in [7, 11) is 0. The molecule has 96 valence electrons. The van der Waals surface area contributed by atoms with Crippen molar-refractivity contribution >= 4 is 11.9 Å². The van der Waals surface area contributed by atoms with Crippen LogP contribution in [0, 0.1) is 11.8 Å². The number of carbonyl (C=O) groups excluding carboxylic acids is 2. The smallest absolute Gasteiger partial charge is 0.313 e. The first-order valence-electron chi connectivity index (χ1n) is 5.77. The summed E-state index contributed by atoms with van der Waals surface area (Å²) in [5, 5.41) is 0. The topological polar surface area (TPSA) is 61.8 Å². The van der Waals surface area contributed by atoms with Crippen LogP contribution in [-0.2, 0) is 23.8 Å². The molecule has 0 aromatic heterocycles. The van der Waals surface area contributed by atoms with Gasteiger partial charge in [-0.25, -0.2) is 0 Å². The third kappa shape index (κ3) is 3.22.